The normalized spacial score (nSPS) is 13.3. The zero-order chi connectivity index (χ0) is 21.3. The van der Waals surface area contributed by atoms with Gasteiger partial charge in [-0.2, -0.15) is 9.78 Å². The van der Waals surface area contributed by atoms with Crippen molar-refractivity contribution in [2.45, 2.75) is 19.4 Å². The SMILES string of the molecule is O=C(NCC1CC1)c1nn(-c2ccc(F)cc2)c(=O)n(Cc2ccccc2F)c1=O. The summed E-state index contributed by atoms with van der Waals surface area (Å²) in [6.45, 7) is 0.0277. The maximum absolute atomic E-state index is 14.1. The largest absolute Gasteiger partial charge is 0.352 e. The van der Waals surface area contributed by atoms with Crippen molar-refractivity contribution in [2.75, 3.05) is 6.54 Å². The molecule has 1 aliphatic carbocycles. The van der Waals surface area contributed by atoms with E-state index in [-0.39, 0.29) is 17.8 Å². The maximum atomic E-state index is 14.1. The third-order valence-corrected chi connectivity index (χ3v) is 4.88. The van der Waals surface area contributed by atoms with Crippen LogP contribution in [0.3, 0.4) is 0 Å². The van der Waals surface area contributed by atoms with Crippen LogP contribution in [0.1, 0.15) is 28.9 Å². The first-order chi connectivity index (χ1) is 14.4. The first-order valence-electron chi connectivity index (χ1n) is 9.46. The minimum absolute atomic E-state index is 0.109. The second kappa shape index (κ2) is 8.02. The molecule has 1 aliphatic rings. The van der Waals surface area contributed by atoms with E-state index in [0.29, 0.717) is 12.5 Å². The molecule has 0 bridgehead atoms. The summed E-state index contributed by atoms with van der Waals surface area (Å²) in [5.41, 5.74) is -2.00. The molecule has 1 fully saturated rings. The first-order valence-corrected chi connectivity index (χ1v) is 9.46. The molecule has 7 nitrogen and oxygen atoms in total. The molecule has 154 valence electrons. The summed E-state index contributed by atoms with van der Waals surface area (Å²) >= 11 is 0. The Bertz CT molecular complexity index is 1210. The van der Waals surface area contributed by atoms with Crippen molar-refractivity contribution in [3.63, 3.8) is 0 Å². The number of benzene rings is 2. The van der Waals surface area contributed by atoms with Crippen molar-refractivity contribution in [3.05, 3.63) is 92.3 Å². The summed E-state index contributed by atoms with van der Waals surface area (Å²) in [4.78, 5) is 38.4. The van der Waals surface area contributed by atoms with Crippen molar-refractivity contribution in [1.82, 2.24) is 19.7 Å². The molecule has 0 unspecified atom stereocenters. The van der Waals surface area contributed by atoms with Crippen molar-refractivity contribution < 1.29 is 13.6 Å². The van der Waals surface area contributed by atoms with Gasteiger partial charge in [0.2, 0.25) is 5.69 Å². The molecule has 1 saturated carbocycles. The average molecular weight is 412 g/mol. The molecule has 2 aromatic carbocycles. The predicted molar refractivity (Wildman–Crippen MR) is 105 cm³/mol. The van der Waals surface area contributed by atoms with Crippen molar-refractivity contribution in [3.8, 4) is 5.69 Å². The summed E-state index contributed by atoms with van der Waals surface area (Å²) in [6, 6.07) is 10.6. The summed E-state index contributed by atoms with van der Waals surface area (Å²) < 4.78 is 29.0. The number of amides is 1. The summed E-state index contributed by atoms with van der Waals surface area (Å²) in [5, 5.41) is 6.58. The highest BCUT2D eigenvalue weighted by molar-refractivity contribution is 5.91. The highest BCUT2D eigenvalue weighted by atomic mass is 19.1. The lowest BCUT2D eigenvalue weighted by Gasteiger charge is -2.12. The monoisotopic (exact) mass is 412 g/mol. The van der Waals surface area contributed by atoms with E-state index in [1.807, 2.05) is 0 Å². The topological polar surface area (TPSA) is 86.0 Å². The molecule has 0 saturated heterocycles. The first kappa shape index (κ1) is 19.7. The van der Waals surface area contributed by atoms with Gasteiger partial charge in [0.15, 0.2) is 0 Å². The minimum Gasteiger partial charge on any atom is -0.350 e. The van der Waals surface area contributed by atoms with Crippen molar-refractivity contribution in [1.29, 1.82) is 0 Å². The van der Waals surface area contributed by atoms with Gasteiger partial charge in [-0.15, -0.1) is 0 Å². The third kappa shape index (κ3) is 4.05. The lowest BCUT2D eigenvalue weighted by Crippen LogP contribution is -2.46. The Balaban J connectivity index is 1.83. The highest BCUT2D eigenvalue weighted by Gasteiger charge is 2.25. The molecule has 1 aromatic heterocycles. The maximum Gasteiger partial charge on any atom is 0.352 e. The summed E-state index contributed by atoms with van der Waals surface area (Å²) in [6.07, 6.45) is 2.00. The van der Waals surface area contributed by atoms with E-state index < -0.39 is 34.5 Å². The Labute approximate surface area is 169 Å². The predicted octanol–water partition coefficient (Wildman–Crippen LogP) is 1.86. The average Bonchev–Trinajstić information content (AvgIpc) is 3.56. The van der Waals surface area contributed by atoms with E-state index >= 15 is 0 Å². The molecule has 9 heteroatoms. The fraction of sp³-hybridized carbons (Fsp3) is 0.238. The lowest BCUT2D eigenvalue weighted by molar-refractivity contribution is 0.0942. The van der Waals surface area contributed by atoms with Crippen LogP contribution >= 0.6 is 0 Å². The van der Waals surface area contributed by atoms with Crippen molar-refractivity contribution in [2.24, 2.45) is 5.92 Å². The number of rotatable bonds is 6. The van der Waals surface area contributed by atoms with Crippen LogP contribution in [0.4, 0.5) is 8.78 Å². The zero-order valence-corrected chi connectivity index (χ0v) is 15.8. The molecule has 30 heavy (non-hydrogen) atoms. The minimum atomic E-state index is -0.921. The Hall–Kier alpha value is -3.62. The number of hydrogen-bond acceptors (Lipinski definition) is 4. The lowest BCUT2D eigenvalue weighted by atomic mass is 10.2. The van der Waals surface area contributed by atoms with Gasteiger partial charge >= 0.3 is 5.69 Å². The highest BCUT2D eigenvalue weighted by Crippen LogP contribution is 2.27. The number of nitrogens with one attached hydrogen (secondary N) is 1. The van der Waals surface area contributed by atoms with Crippen LogP contribution in [0.15, 0.2) is 58.1 Å². The van der Waals surface area contributed by atoms with Crippen LogP contribution in [0, 0.1) is 17.6 Å². The second-order valence-electron chi connectivity index (χ2n) is 7.16. The van der Waals surface area contributed by atoms with Crippen LogP contribution in [0.5, 0.6) is 0 Å². The van der Waals surface area contributed by atoms with Crippen molar-refractivity contribution >= 4 is 5.91 Å². The van der Waals surface area contributed by atoms with E-state index in [1.54, 1.807) is 6.07 Å². The Morgan fingerprint density at radius 1 is 1.07 bits per heavy atom. The molecule has 3 aromatic rings. The molecule has 0 aliphatic heterocycles. The Morgan fingerprint density at radius 2 is 1.77 bits per heavy atom. The van der Waals surface area contributed by atoms with Crippen LogP contribution in [0.25, 0.3) is 5.69 Å². The molecule has 0 spiro atoms. The molecule has 1 amide bonds. The number of nitrogens with zero attached hydrogens (tertiary/aromatic N) is 3. The van der Waals surface area contributed by atoms with Crippen LogP contribution in [-0.4, -0.2) is 26.8 Å². The van der Waals surface area contributed by atoms with Gasteiger partial charge in [-0.05, 0) is 49.1 Å². The quantitative estimate of drug-likeness (QED) is 0.670. The second-order valence-corrected chi connectivity index (χ2v) is 7.16. The van der Waals surface area contributed by atoms with Gasteiger partial charge in [0.25, 0.3) is 11.5 Å². The van der Waals surface area contributed by atoms with E-state index in [4.69, 9.17) is 0 Å². The summed E-state index contributed by atoms with van der Waals surface area (Å²) in [5.74, 6) is -1.45. The van der Waals surface area contributed by atoms with Crippen LogP contribution < -0.4 is 16.6 Å². The number of aromatic nitrogens is 3. The zero-order valence-electron chi connectivity index (χ0n) is 15.8. The fourth-order valence-corrected chi connectivity index (χ4v) is 2.99. The van der Waals surface area contributed by atoms with Crippen LogP contribution in [0.2, 0.25) is 0 Å². The fourth-order valence-electron chi connectivity index (χ4n) is 2.99. The smallest absolute Gasteiger partial charge is 0.350 e. The number of carbonyl (C=O) groups is 1. The number of halogens is 2. The molecular formula is C21H18F2N4O3. The standard InChI is InChI=1S/C21H18F2N4O3/c22-15-7-9-16(10-8-15)27-21(30)26(12-14-3-1-2-4-17(14)23)20(29)18(25-27)19(28)24-11-13-5-6-13/h1-4,7-10,13H,5-6,11-12H2,(H,24,28). The third-order valence-electron chi connectivity index (χ3n) is 4.88. The summed E-state index contributed by atoms with van der Waals surface area (Å²) in [7, 11) is 0. The van der Waals surface area contributed by atoms with Gasteiger partial charge < -0.3 is 5.32 Å². The van der Waals surface area contributed by atoms with Gasteiger partial charge in [0.05, 0.1) is 12.2 Å². The molecule has 1 heterocycles. The van der Waals surface area contributed by atoms with E-state index in [1.165, 1.54) is 30.3 Å². The van der Waals surface area contributed by atoms with Gasteiger partial charge in [-0.3, -0.25) is 14.2 Å². The van der Waals surface area contributed by atoms with Gasteiger partial charge in [0.1, 0.15) is 11.6 Å². The molecule has 1 N–H and O–H groups in total. The molecule has 4 rings (SSSR count). The van der Waals surface area contributed by atoms with Gasteiger partial charge in [-0.25, -0.2) is 13.6 Å². The van der Waals surface area contributed by atoms with E-state index in [9.17, 15) is 23.2 Å². The number of carbonyl (C=O) groups excluding carboxylic acids is 1. The van der Waals surface area contributed by atoms with Gasteiger partial charge in [-0.1, -0.05) is 18.2 Å². The molecule has 0 radical (unpaired) electrons. The van der Waals surface area contributed by atoms with E-state index in [2.05, 4.69) is 10.4 Å². The Kier molecular flexibility index (Phi) is 5.26. The van der Waals surface area contributed by atoms with Crippen LogP contribution in [-0.2, 0) is 6.54 Å². The van der Waals surface area contributed by atoms with E-state index in [0.717, 1.165) is 34.2 Å². The molecular weight excluding hydrogens is 394 g/mol. The molecule has 0 atom stereocenters. The van der Waals surface area contributed by atoms with Gasteiger partial charge in [0, 0.05) is 12.1 Å². The Morgan fingerprint density at radius 3 is 2.43 bits per heavy atom. The number of hydrogen-bond donors (Lipinski definition) is 1.